The summed E-state index contributed by atoms with van der Waals surface area (Å²) in [6.45, 7) is 2.56. The molecule has 0 unspecified atom stereocenters. The van der Waals surface area contributed by atoms with Crippen LogP contribution in [0.1, 0.15) is 35.6 Å². The molecule has 1 aromatic rings. The number of rotatable bonds is 4. The molecule has 2 heterocycles. The normalized spacial score (nSPS) is 20.0. The summed E-state index contributed by atoms with van der Waals surface area (Å²) < 4.78 is 4.69. The van der Waals surface area contributed by atoms with E-state index in [-0.39, 0.29) is 12.5 Å². The van der Waals surface area contributed by atoms with Crippen LogP contribution in [0.5, 0.6) is 0 Å². The summed E-state index contributed by atoms with van der Waals surface area (Å²) in [5.41, 5.74) is 3.52. The number of fused-ring (bicyclic) bond motifs is 1. The molecule has 3 rings (SSSR count). The van der Waals surface area contributed by atoms with E-state index in [1.165, 1.54) is 18.4 Å². The molecule has 1 aromatic heterocycles. The number of nitrogens with zero attached hydrogens (tertiary/aromatic N) is 2. The van der Waals surface area contributed by atoms with Crippen molar-refractivity contribution in [3.05, 3.63) is 22.8 Å². The van der Waals surface area contributed by atoms with Gasteiger partial charge in [0, 0.05) is 24.4 Å². The number of alkyl carbamates (subject to hydrolysis) is 1. The lowest BCUT2D eigenvalue weighted by atomic mass is 9.95. The molecular formula is C15H20N4O3. The highest BCUT2D eigenvalue weighted by molar-refractivity contribution is 5.87. The molecular weight excluding hydrogens is 284 g/mol. The molecule has 0 saturated carbocycles. The van der Waals surface area contributed by atoms with Gasteiger partial charge in [-0.25, -0.2) is 14.8 Å². The number of amides is 2. The van der Waals surface area contributed by atoms with Crippen LogP contribution in [0.2, 0.25) is 0 Å². The van der Waals surface area contributed by atoms with Gasteiger partial charge in [-0.15, -0.1) is 0 Å². The van der Waals surface area contributed by atoms with E-state index in [1.807, 2.05) is 6.92 Å². The molecule has 7 heteroatoms. The first-order chi connectivity index (χ1) is 10.6. The van der Waals surface area contributed by atoms with Crippen LogP contribution < -0.4 is 10.6 Å². The van der Waals surface area contributed by atoms with Gasteiger partial charge in [0.25, 0.3) is 0 Å². The Morgan fingerprint density at radius 2 is 2.18 bits per heavy atom. The van der Waals surface area contributed by atoms with Crippen LogP contribution in [0.3, 0.4) is 0 Å². The Hall–Kier alpha value is -2.18. The maximum atomic E-state index is 11.8. The average molecular weight is 304 g/mol. The van der Waals surface area contributed by atoms with Gasteiger partial charge < -0.3 is 15.4 Å². The molecule has 0 spiro atoms. The van der Waals surface area contributed by atoms with Crippen LogP contribution in [0.15, 0.2) is 0 Å². The highest BCUT2D eigenvalue weighted by atomic mass is 16.6. The van der Waals surface area contributed by atoms with Crippen LogP contribution in [-0.4, -0.2) is 41.2 Å². The summed E-state index contributed by atoms with van der Waals surface area (Å²) in [6.07, 6.45) is 4.52. The minimum atomic E-state index is -0.598. The van der Waals surface area contributed by atoms with Gasteiger partial charge in [-0.1, -0.05) is 0 Å². The van der Waals surface area contributed by atoms with Crippen LogP contribution in [0, 0.1) is 6.92 Å². The summed E-state index contributed by atoms with van der Waals surface area (Å²) >= 11 is 0. The predicted octanol–water partition coefficient (Wildman–Crippen LogP) is 0.431. The molecule has 0 aromatic carbocycles. The summed E-state index contributed by atoms with van der Waals surface area (Å²) in [5.74, 6) is 0.533. The van der Waals surface area contributed by atoms with E-state index in [1.54, 1.807) is 0 Å². The standard InChI is InChI=1S/C15H20N4O3/c1-9-10-4-2-3-5-11(10)18-13(17-9)6-7-16-14(20)12-8-22-15(21)19-12/h12H,2-8H2,1H3,(H,16,20)(H,19,21)/t12-/m0/s1. The molecule has 1 aliphatic heterocycles. The lowest BCUT2D eigenvalue weighted by Crippen LogP contribution is -2.43. The number of nitrogens with one attached hydrogen (secondary N) is 2. The van der Waals surface area contributed by atoms with Crippen LogP contribution in [-0.2, 0) is 28.8 Å². The average Bonchev–Trinajstić information content (AvgIpc) is 2.94. The van der Waals surface area contributed by atoms with Crippen molar-refractivity contribution >= 4 is 12.0 Å². The van der Waals surface area contributed by atoms with E-state index >= 15 is 0 Å². The van der Waals surface area contributed by atoms with Crippen molar-refractivity contribution in [2.24, 2.45) is 0 Å². The Morgan fingerprint density at radius 1 is 1.36 bits per heavy atom. The minimum absolute atomic E-state index is 0.0825. The lowest BCUT2D eigenvalue weighted by molar-refractivity contribution is -0.122. The van der Waals surface area contributed by atoms with Crippen molar-refractivity contribution in [3.63, 3.8) is 0 Å². The molecule has 2 aliphatic rings. The van der Waals surface area contributed by atoms with E-state index in [0.29, 0.717) is 13.0 Å². The fourth-order valence-corrected chi connectivity index (χ4v) is 2.90. The second kappa shape index (κ2) is 6.29. The van der Waals surface area contributed by atoms with Crippen molar-refractivity contribution < 1.29 is 14.3 Å². The number of aromatic nitrogens is 2. The summed E-state index contributed by atoms with van der Waals surface area (Å²) in [6, 6.07) is -0.598. The molecule has 0 radical (unpaired) electrons. The first kappa shape index (κ1) is 14.7. The van der Waals surface area contributed by atoms with Gasteiger partial charge in [0.15, 0.2) is 0 Å². The fourth-order valence-electron chi connectivity index (χ4n) is 2.90. The molecule has 7 nitrogen and oxygen atoms in total. The molecule has 1 atom stereocenters. The topological polar surface area (TPSA) is 93.2 Å². The highest BCUT2D eigenvalue weighted by Crippen LogP contribution is 2.21. The molecule has 2 N–H and O–H groups in total. The Kier molecular flexibility index (Phi) is 4.22. The van der Waals surface area contributed by atoms with E-state index in [2.05, 4.69) is 20.6 Å². The minimum Gasteiger partial charge on any atom is -0.447 e. The second-order valence-corrected chi connectivity index (χ2v) is 5.69. The van der Waals surface area contributed by atoms with Gasteiger partial charge in [0.1, 0.15) is 18.5 Å². The highest BCUT2D eigenvalue weighted by Gasteiger charge is 2.28. The van der Waals surface area contributed by atoms with Crippen molar-refractivity contribution in [1.29, 1.82) is 0 Å². The van der Waals surface area contributed by atoms with Crippen LogP contribution in [0.25, 0.3) is 0 Å². The van der Waals surface area contributed by atoms with E-state index in [0.717, 1.165) is 30.1 Å². The number of carbonyl (C=O) groups is 2. The van der Waals surface area contributed by atoms with Gasteiger partial charge in [-0.2, -0.15) is 0 Å². The van der Waals surface area contributed by atoms with Crippen molar-refractivity contribution in [1.82, 2.24) is 20.6 Å². The zero-order valence-corrected chi connectivity index (χ0v) is 12.6. The molecule has 0 bridgehead atoms. The predicted molar refractivity (Wildman–Crippen MR) is 78.4 cm³/mol. The van der Waals surface area contributed by atoms with Crippen molar-refractivity contribution in [3.8, 4) is 0 Å². The van der Waals surface area contributed by atoms with Gasteiger partial charge in [0.05, 0.1) is 0 Å². The molecule has 1 saturated heterocycles. The van der Waals surface area contributed by atoms with Crippen molar-refractivity contribution in [2.75, 3.05) is 13.2 Å². The van der Waals surface area contributed by atoms with E-state index in [9.17, 15) is 9.59 Å². The maximum absolute atomic E-state index is 11.8. The first-order valence-electron chi connectivity index (χ1n) is 7.70. The second-order valence-electron chi connectivity index (χ2n) is 5.69. The first-order valence-corrected chi connectivity index (χ1v) is 7.70. The van der Waals surface area contributed by atoms with Gasteiger partial charge >= 0.3 is 6.09 Å². The van der Waals surface area contributed by atoms with Gasteiger partial charge in [-0.05, 0) is 38.2 Å². The quantitative estimate of drug-likeness (QED) is 0.841. The fraction of sp³-hybridized carbons (Fsp3) is 0.600. The number of hydrogen-bond donors (Lipinski definition) is 2. The third-order valence-corrected chi connectivity index (χ3v) is 4.07. The third kappa shape index (κ3) is 3.18. The summed E-state index contributed by atoms with van der Waals surface area (Å²) in [4.78, 5) is 31.9. The lowest BCUT2D eigenvalue weighted by Gasteiger charge is -2.17. The number of ether oxygens (including phenoxy) is 1. The molecule has 2 amide bonds. The van der Waals surface area contributed by atoms with Crippen LogP contribution in [0.4, 0.5) is 4.79 Å². The van der Waals surface area contributed by atoms with Crippen LogP contribution >= 0.6 is 0 Å². The largest absolute Gasteiger partial charge is 0.447 e. The summed E-state index contributed by atoms with van der Waals surface area (Å²) in [7, 11) is 0. The maximum Gasteiger partial charge on any atom is 0.407 e. The zero-order chi connectivity index (χ0) is 15.5. The number of carbonyl (C=O) groups excluding carboxylic acids is 2. The Morgan fingerprint density at radius 3 is 2.95 bits per heavy atom. The molecule has 1 fully saturated rings. The van der Waals surface area contributed by atoms with E-state index < -0.39 is 12.1 Å². The van der Waals surface area contributed by atoms with Gasteiger partial charge in [0.2, 0.25) is 5.91 Å². The number of cyclic esters (lactones) is 1. The molecule has 1 aliphatic carbocycles. The number of aryl methyl sites for hydroxylation is 2. The SMILES string of the molecule is Cc1nc(CCNC(=O)[C@@H]2COC(=O)N2)nc2c1CCCC2. The monoisotopic (exact) mass is 304 g/mol. The Balaban J connectivity index is 1.54. The summed E-state index contributed by atoms with van der Waals surface area (Å²) in [5, 5.41) is 5.23. The molecule has 22 heavy (non-hydrogen) atoms. The smallest absolute Gasteiger partial charge is 0.407 e. The molecule has 118 valence electrons. The Labute approximate surface area is 128 Å². The number of hydrogen-bond acceptors (Lipinski definition) is 5. The van der Waals surface area contributed by atoms with Gasteiger partial charge in [-0.3, -0.25) is 4.79 Å². The third-order valence-electron chi connectivity index (χ3n) is 4.07. The zero-order valence-electron chi connectivity index (χ0n) is 12.6. The Bertz CT molecular complexity index is 603. The van der Waals surface area contributed by atoms with E-state index in [4.69, 9.17) is 4.74 Å². The van der Waals surface area contributed by atoms with Crippen molar-refractivity contribution in [2.45, 2.75) is 45.1 Å².